The van der Waals surface area contributed by atoms with E-state index < -0.39 is 0 Å². The molecule has 0 saturated carbocycles. The number of rotatable bonds is 6. The van der Waals surface area contributed by atoms with Crippen LogP contribution in [-0.2, 0) is 11.3 Å². The molecule has 0 spiro atoms. The van der Waals surface area contributed by atoms with Crippen LogP contribution in [0.3, 0.4) is 0 Å². The highest BCUT2D eigenvalue weighted by molar-refractivity contribution is 6.14. The van der Waals surface area contributed by atoms with E-state index in [1.165, 1.54) is 11.1 Å². The van der Waals surface area contributed by atoms with E-state index >= 15 is 0 Å². The van der Waals surface area contributed by atoms with Gasteiger partial charge in [-0.25, -0.2) is 0 Å². The van der Waals surface area contributed by atoms with E-state index in [9.17, 15) is 4.79 Å². The zero-order valence-electron chi connectivity index (χ0n) is 19.4. The second-order valence-electron chi connectivity index (χ2n) is 8.35. The molecule has 0 aliphatic carbocycles. The lowest BCUT2D eigenvalue weighted by Crippen LogP contribution is -2.37. The molecule has 3 aromatic rings. The topological polar surface area (TPSA) is 38.8 Å². The minimum atomic E-state index is 0.0989. The van der Waals surface area contributed by atoms with Crippen LogP contribution in [0.25, 0.3) is 12.2 Å². The minimum Gasteiger partial charge on any atom is -0.497 e. The van der Waals surface area contributed by atoms with E-state index in [1.807, 2.05) is 60.7 Å². The van der Waals surface area contributed by atoms with Crippen molar-refractivity contribution in [1.82, 2.24) is 4.90 Å². The van der Waals surface area contributed by atoms with Gasteiger partial charge in [-0.3, -0.25) is 9.69 Å². The average Bonchev–Trinajstić information content (AvgIpc) is 2.84. The van der Waals surface area contributed by atoms with Crippen LogP contribution in [0.2, 0.25) is 0 Å². The summed E-state index contributed by atoms with van der Waals surface area (Å²) in [5, 5.41) is 0. The Morgan fingerprint density at radius 3 is 1.61 bits per heavy atom. The molecule has 4 heteroatoms. The zero-order valence-corrected chi connectivity index (χ0v) is 19.4. The van der Waals surface area contributed by atoms with Crippen LogP contribution < -0.4 is 9.47 Å². The molecule has 4 rings (SSSR count). The Hall–Kier alpha value is -3.63. The monoisotopic (exact) mass is 439 g/mol. The molecule has 3 aromatic carbocycles. The lowest BCUT2D eigenvalue weighted by molar-refractivity contribution is -0.113. The Morgan fingerprint density at radius 2 is 1.18 bits per heavy atom. The number of aryl methyl sites for hydroxylation is 1. The molecule has 1 aliphatic heterocycles. The first-order valence-corrected chi connectivity index (χ1v) is 11.1. The maximum Gasteiger partial charge on any atom is 0.187 e. The van der Waals surface area contributed by atoms with Gasteiger partial charge in [0.05, 0.1) is 14.2 Å². The lowest BCUT2D eigenvalue weighted by Gasteiger charge is -2.30. The molecule has 1 fully saturated rings. The minimum absolute atomic E-state index is 0.0989. The molecular formula is C29H29NO3. The van der Waals surface area contributed by atoms with Crippen molar-refractivity contribution in [1.29, 1.82) is 0 Å². The van der Waals surface area contributed by atoms with Crippen LogP contribution in [0.1, 0.15) is 22.3 Å². The predicted octanol–water partition coefficient (Wildman–Crippen LogP) is 5.56. The number of methoxy groups -OCH3 is 2. The maximum atomic E-state index is 13.4. The number of hydrogen-bond donors (Lipinski definition) is 0. The second kappa shape index (κ2) is 10.3. The van der Waals surface area contributed by atoms with Crippen LogP contribution in [-0.4, -0.2) is 38.0 Å². The van der Waals surface area contributed by atoms with Crippen molar-refractivity contribution in [2.45, 2.75) is 13.5 Å². The van der Waals surface area contributed by atoms with Gasteiger partial charge in [0.2, 0.25) is 0 Å². The number of Topliss-reactive ketones (excluding diaryl/α,β-unsaturated/α-hetero) is 1. The largest absolute Gasteiger partial charge is 0.497 e. The highest BCUT2D eigenvalue weighted by Crippen LogP contribution is 2.25. The number of carbonyl (C=O) groups is 1. The molecule has 1 heterocycles. The number of hydrogen-bond acceptors (Lipinski definition) is 4. The summed E-state index contributed by atoms with van der Waals surface area (Å²) in [7, 11) is 3.30. The Kier molecular flexibility index (Phi) is 7.06. The number of ether oxygens (including phenoxy) is 2. The molecule has 33 heavy (non-hydrogen) atoms. The quantitative estimate of drug-likeness (QED) is 0.471. The van der Waals surface area contributed by atoms with Crippen LogP contribution in [0.4, 0.5) is 0 Å². The summed E-state index contributed by atoms with van der Waals surface area (Å²) in [6, 6.07) is 24.1. The Morgan fingerprint density at radius 1 is 0.727 bits per heavy atom. The number of likely N-dealkylation sites (tertiary alicyclic amines) is 1. The van der Waals surface area contributed by atoms with Gasteiger partial charge in [0, 0.05) is 30.8 Å². The summed E-state index contributed by atoms with van der Waals surface area (Å²) in [6.45, 7) is 4.10. The van der Waals surface area contributed by atoms with Crippen molar-refractivity contribution < 1.29 is 14.3 Å². The fraction of sp³-hybridized carbons (Fsp3) is 0.207. The molecule has 168 valence electrons. The number of nitrogens with zero attached hydrogens (tertiary/aromatic N) is 1. The first-order chi connectivity index (χ1) is 16.0. The van der Waals surface area contributed by atoms with Crippen molar-refractivity contribution in [3.05, 3.63) is 106 Å². The summed E-state index contributed by atoms with van der Waals surface area (Å²) in [5.74, 6) is 1.70. The summed E-state index contributed by atoms with van der Waals surface area (Å²) < 4.78 is 10.5. The molecule has 4 nitrogen and oxygen atoms in total. The van der Waals surface area contributed by atoms with Gasteiger partial charge in [0.25, 0.3) is 0 Å². The molecule has 0 N–H and O–H groups in total. The number of piperidine rings is 1. The standard InChI is InChI=1S/C29H29NO3/c1-21-4-6-24(7-5-21)18-30-19-25(16-22-8-12-27(32-2)13-9-22)29(31)26(20-30)17-23-10-14-28(33-3)15-11-23/h4-17H,18-20H2,1-3H3. The van der Waals surface area contributed by atoms with Crippen LogP contribution >= 0.6 is 0 Å². The van der Waals surface area contributed by atoms with Crippen LogP contribution in [0.5, 0.6) is 11.5 Å². The van der Waals surface area contributed by atoms with Gasteiger partial charge >= 0.3 is 0 Å². The van der Waals surface area contributed by atoms with Crippen molar-refractivity contribution in [2.75, 3.05) is 27.3 Å². The number of ketones is 1. The molecule has 0 unspecified atom stereocenters. The molecule has 1 saturated heterocycles. The Labute approximate surface area is 195 Å². The van der Waals surface area contributed by atoms with E-state index in [2.05, 4.69) is 36.1 Å². The molecule has 0 bridgehead atoms. The van der Waals surface area contributed by atoms with Gasteiger partial charge in [0.15, 0.2) is 5.78 Å². The molecule has 0 amide bonds. The van der Waals surface area contributed by atoms with Crippen molar-refractivity contribution in [3.63, 3.8) is 0 Å². The zero-order chi connectivity index (χ0) is 23.2. The van der Waals surface area contributed by atoms with Crippen molar-refractivity contribution in [3.8, 4) is 11.5 Å². The lowest BCUT2D eigenvalue weighted by atomic mass is 9.93. The predicted molar refractivity (Wildman–Crippen MR) is 133 cm³/mol. The summed E-state index contributed by atoms with van der Waals surface area (Å²) in [6.07, 6.45) is 3.98. The third-order valence-electron chi connectivity index (χ3n) is 5.81. The second-order valence-corrected chi connectivity index (χ2v) is 8.35. The maximum absolute atomic E-state index is 13.4. The molecule has 0 radical (unpaired) electrons. The van der Waals surface area contributed by atoms with E-state index in [0.29, 0.717) is 13.1 Å². The van der Waals surface area contributed by atoms with E-state index in [4.69, 9.17) is 9.47 Å². The molecule has 1 aliphatic rings. The Bertz CT molecular complexity index is 1090. The van der Waals surface area contributed by atoms with Crippen molar-refractivity contribution >= 4 is 17.9 Å². The van der Waals surface area contributed by atoms with Crippen molar-refractivity contribution in [2.24, 2.45) is 0 Å². The highest BCUT2D eigenvalue weighted by Gasteiger charge is 2.26. The van der Waals surface area contributed by atoms with Gasteiger partial charge < -0.3 is 9.47 Å². The van der Waals surface area contributed by atoms with Gasteiger partial charge in [-0.2, -0.15) is 0 Å². The van der Waals surface area contributed by atoms with Gasteiger partial charge in [-0.15, -0.1) is 0 Å². The normalized spacial score (nSPS) is 16.9. The molecular weight excluding hydrogens is 410 g/mol. The fourth-order valence-electron chi connectivity index (χ4n) is 3.98. The highest BCUT2D eigenvalue weighted by atomic mass is 16.5. The van der Waals surface area contributed by atoms with E-state index in [0.717, 1.165) is 40.3 Å². The third kappa shape index (κ3) is 5.79. The van der Waals surface area contributed by atoms with Crippen LogP contribution in [0.15, 0.2) is 83.9 Å². The first-order valence-electron chi connectivity index (χ1n) is 11.1. The first kappa shape index (κ1) is 22.6. The molecule has 0 aromatic heterocycles. The van der Waals surface area contributed by atoms with E-state index in [-0.39, 0.29) is 5.78 Å². The third-order valence-corrected chi connectivity index (χ3v) is 5.81. The summed E-state index contributed by atoms with van der Waals surface area (Å²) >= 11 is 0. The van der Waals surface area contributed by atoms with Gasteiger partial charge in [0.1, 0.15) is 11.5 Å². The summed E-state index contributed by atoms with van der Waals surface area (Å²) in [5.41, 5.74) is 6.03. The number of carbonyl (C=O) groups excluding carboxylic acids is 1. The summed E-state index contributed by atoms with van der Waals surface area (Å²) in [4.78, 5) is 15.7. The molecule has 0 atom stereocenters. The van der Waals surface area contributed by atoms with Crippen LogP contribution in [0, 0.1) is 6.92 Å². The number of benzene rings is 3. The van der Waals surface area contributed by atoms with E-state index in [1.54, 1.807) is 14.2 Å². The fourth-order valence-corrected chi connectivity index (χ4v) is 3.98. The van der Waals surface area contributed by atoms with Gasteiger partial charge in [-0.05, 0) is 60.0 Å². The van der Waals surface area contributed by atoms with Gasteiger partial charge in [-0.1, -0.05) is 54.1 Å². The SMILES string of the molecule is COc1ccc(C=C2CN(Cc3ccc(C)cc3)CC(=Cc3ccc(OC)cc3)C2=O)cc1. The smallest absolute Gasteiger partial charge is 0.187 e. The average molecular weight is 440 g/mol. The Balaban J connectivity index is 1.65.